The molecule has 0 aliphatic heterocycles. The van der Waals surface area contributed by atoms with E-state index in [1.807, 2.05) is 41.0 Å². The molecule has 3 rings (SSSR count). The fraction of sp³-hybridized carbons (Fsp3) is 0.250. The second kappa shape index (κ2) is 8.59. The van der Waals surface area contributed by atoms with Gasteiger partial charge in [-0.25, -0.2) is 0 Å². The van der Waals surface area contributed by atoms with Crippen LogP contribution in [0.1, 0.15) is 31.7 Å². The van der Waals surface area contributed by atoms with Gasteiger partial charge in [0.2, 0.25) is 5.91 Å². The van der Waals surface area contributed by atoms with Crippen molar-refractivity contribution in [1.82, 2.24) is 14.8 Å². The summed E-state index contributed by atoms with van der Waals surface area (Å²) in [6.07, 6.45) is 0.291. The maximum Gasteiger partial charge on any atom is 0.218 e. The first kappa shape index (κ1) is 19.5. The van der Waals surface area contributed by atoms with Crippen molar-refractivity contribution in [3.8, 4) is 17.1 Å². The number of benzene rings is 2. The maximum absolute atomic E-state index is 11.1. The van der Waals surface area contributed by atoms with Gasteiger partial charge in [0.1, 0.15) is 0 Å². The topological polar surface area (TPSA) is 73.8 Å². The van der Waals surface area contributed by atoms with Gasteiger partial charge in [0, 0.05) is 22.8 Å². The summed E-state index contributed by atoms with van der Waals surface area (Å²) in [5, 5.41) is 10.2. The fourth-order valence-corrected chi connectivity index (χ4v) is 3.81. The molecule has 27 heavy (non-hydrogen) atoms. The number of primary amides is 1. The molecular weight excluding hydrogens is 380 g/mol. The Bertz CT molecular complexity index is 937. The monoisotopic (exact) mass is 400 g/mol. The molecule has 2 aromatic carbocycles. The molecule has 0 saturated heterocycles. The second-order valence-corrected chi connectivity index (χ2v) is 7.93. The Kier molecular flexibility index (Phi) is 6.19. The molecule has 7 heteroatoms. The summed E-state index contributed by atoms with van der Waals surface area (Å²) in [4.78, 5) is 11.1. The van der Waals surface area contributed by atoms with Crippen molar-refractivity contribution in [1.29, 1.82) is 0 Å². The van der Waals surface area contributed by atoms with Crippen LogP contribution < -0.4 is 5.73 Å². The van der Waals surface area contributed by atoms with E-state index in [0.29, 0.717) is 23.1 Å². The fourth-order valence-electron chi connectivity index (χ4n) is 2.79. The van der Waals surface area contributed by atoms with Crippen LogP contribution in [-0.4, -0.2) is 26.4 Å². The Morgan fingerprint density at radius 3 is 2.52 bits per heavy atom. The number of para-hydroxylation sites is 1. The van der Waals surface area contributed by atoms with Crippen molar-refractivity contribution in [2.75, 3.05) is 5.75 Å². The highest BCUT2D eigenvalue weighted by Gasteiger charge is 2.19. The first-order valence-electron chi connectivity index (χ1n) is 8.69. The first-order chi connectivity index (χ1) is 13.0. The minimum Gasteiger partial charge on any atom is -0.370 e. The van der Waals surface area contributed by atoms with Crippen LogP contribution in [0.25, 0.3) is 17.1 Å². The SMILES string of the molecule is CC(C)c1ccccc1-n1c(SCCC(N)=O)nnc1-c1ccc(Cl)cc1. The van der Waals surface area contributed by atoms with Crippen LogP contribution in [0, 0.1) is 0 Å². The van der Waals surface area contributed by atoms with E-state index >= 15 is 0 Å². The van der Waals surface area contributed by atoms with E-state index in [4.69, 9.17) is 17.3 Å². The van der Waals surface area contributed by atoms with Crippen LogP contribution in [0.15, 0.2) is 53.7 Å². The quantitative estimate of drug-likeness (QED) is 0.584. The molecule has 1 aromatic heterocycles. The van der Waals surface area contributed by atoms with Gasteiger partial charge in [-0.2, -0.15) is 0 Å². The van der Waals surface area contributed by atoms with Gasteiger partial charge in [0.15, 0.2) is 11.0 Å². The number of rotatable bonds is 7. The largest absolute Gasteiger partial charge is 0.370 e. The Hall–Kier alpha value is -2.31. The maximum atomic E-state index is 11.1. The summed E-state index contributed by atoms with van der Waals surface area (Å²) in [6, 6.07) is 15.8. The molecule has 1 heterocycles. The number of aromatic nitrogens is 3. The van der Waals surface area contributed by atoms with E-state index in [0.717, 1.165) is 22.2 Å². The number of hydrogen-bond donors (Lipinski definition) is 1. The lowest BCUT2D eigenvalue weighted by Gasteiger charge is -2.17. The molecule has 0 spiro atoms. The molecular formula is C20H21ClN4OS. The number of hydrogen-bond acceptors (Lipinski definition) is 4. The summed E-state index contributed by atoms with van der Waals surface area (Å²) in [7, 11) is 0. The van der Waals surface area contributed by atoms with Gasteiger partial charge in [-0.05, 0) is 41.8 Å². The number of nitrogens with two attached hydrogens (primary N) is 1. The van der Waals surface area contributed by atoms with Crippen molar-refractivity contribution < 1.29 is 4.79 Å². The highest BCUT2D eigenvalue weighted by atomic mass is 35.5. The molecule has 2 N–H and O–H groups in total. The van der Waals surface area contributed by atoms with Crippen molar-refractivity contribution in [3.05, 3.63) is 59.1 Å². The van der Waals surface area contributed by atoms with Gasteiger partial charge in [0.25, 0.3) is 0 Å². The van der Waals surface area contributed by atoms with Crippen molar-refractivity contribution >= 4 is 29.3 Å². The van der Waals surface area contributed by atoms with Crippen molar-refractivity contribution in [3.63, 3.8) is 0 Å². The van der Waals surface area contributed by atoms with Gasteiger partial charge in [-0.1, -0.05) is 55.4 Å². The third-order valence-electron chi connectivity index (χ3n) is 4.12. The van der Waals surface area contributed by atoms with Gasteiger partial charge >= 0.3 is 0 Å². The molecule has 0 fully saturated rings. The minimum atomic E-state index is -0.325. The lowest BCUT2D eigenvalue weighted by Crippen LogP contribution is -2.11. The highest BCUT2D eigenvalue weighted by Crippen LogP contribution is 2.32. The molecule has 5 nitrogen and oxygen atoms in total. The van der Waals surface area contributed by atoms with Gasteiger partial charge in [-0.15, -0.1) is 10.2 Å². The summed E-state index contributed by atoms with van der Waals surface area (Å²) >= 11 is 7.51. The summed E-state index contributed by atoms with van der Waals surface area (Å²) in [5.41, 5.74) is 8.43. The molecule has 3 aromatic rings. The second-order valence-electron chi connectivity index (χ2n) is 6.43. The predicted octanol–water partition coefficient (Wildman–Crippen LogP) is 4.68. The van der Waals surface area contributed by atoms with Gasteiger partial charge in [-0.3, -0.25) is 9.36 Å². The Morgan fingerprint density at radius 2 is 1.85 bits per heavy atom. The molecule has 1 amide bonds. The normalized spacial score (nSPS) is 11.1. The number of carbonyl (C=O) groups excluding carboxylic acids is 1. The average Bonchev–Trinajstić information content (AvgIpc) is 3.05. The van der Waals surface area contributed by atoms with Gasteiger partial charge < -0.3 is 5.73 Å². The van der Waals surface area contributed by atoms with Gasteiger partial charge in [0.05, 0.1) is 5.69 Å². The first-order valence-corrected chi connectivity index (χ1v) is 10.1. The molecule has 0 aliphatic carbocycles. The Morgan fingerprint density at radius 1 is 1.15 bits per heavy atom. The minimum absolute atomic E-state index is 0.291. The Labute approximate surface area is 167 Å². The van der Waals surface area contributed by atoms with Crippen LogP contribution in [0.2, 0.25) is 5.02 Å². The lowest BCUT2D eigenvalue weighted by atomic mass is 10.0. The predicted molar refractivity (Wildman–Crippen MR) is 110 cm³/mol. The molecule has 0 unspecified atom stereocenters. The molecule has 0 radical (unpaired) electrons. The van der Waals surface area contributed by atoms with Crippen molar-refractivity contribution in [2.45, 2.75) is 31.3 Å². The highest BCUT2D eigenvalue weighted by molar-refractivity contribution is 7.99. The molecule has 0 bridgehead atoms. The third-order valence-corrected chi connectivity index (χ3v) is 5.30. The number of nitrogens with zero attached hydrogens (tertiary/aromatic N) is 3. The molecule has 0 saturated carbocycles. The molecule has 140 valence electrons. The smallest absolute Gasteiger partial charge is 0.218 e. The lowest BCUT2D eigenvalue weighted by molar-refractivity contribution is -0.117. The summed E-state index contributed by atoms with van der Waals surface area (Å²) in [6.45, 7) is 4.32. The van der Waals surface area contributed by atoms with Crippen LogP contribution in [0.4, 0.5) is 0 Å². The van der Waals surface area contributed by atoms with E-state index in [2.05, 4.69) is 36.2 Å². The van der Waals surface area contributed by atoms with E-state index < -0.39 is 0 Å². The zero-order chi connectivity index (χ0) is 19.4. The van der Waals surface area contributed by atoms with Crippen molar-refractivity contribution in [2.24, 2.45) is 5.73 Å². The van der Waals surface area contributed by atoms with E-state index in [-0.39, 0.29) is 5.91 Å². The zero-order valence-corrected chi connectivity index (χ0v) is 16.8. The number of carbonyl (C=O) groups is 1. The van der Waals surface area contributed by atoms with Crippen LogP contribution in [0.5, 0.6) is 0 Å². The third kappa shape index (κ3) is 4.51. The number of thioether (sulfide) groups is 1. The van der Waals surface area contributed by atoms with E-state index in [9.17, 15) is 4.79 Å². The van der Waals surface area contributed by atoms with Crippen LogP contribution in [0.3, 0.4) is 0 Å². The van der Waals surface area contributed by atoms with Crippen LogP contribution in [-0.2, 0) is 4.79 Å². The zero-order valence-electron chi connectivity index (χ0n) is 15.2. The molecule has 0 atom stereocenters. The summed E-state index contributed by atoms with van der Waals surface area (Å²) in [5.74, 6) is 1.30. The standard InChI is InChI=1S/C20H21ClN4OS/c1-13(2)16-5-3-4-6-17(16)25-19(14-7-9-15(21)10-8-14)23-24-20(25)27-12-11-18(22)26/h3-10,13H,11-12H2,1-2H3,(H2,22,26). The summed E-state index contributed by atoms with van der Waals surface area (Å²) < 4.78 is 2.05. The number of halogens is 1. The van der Waals surface area contributed by atoms with E-state index in [1.54, 1.807) is 0 Å². The van der Waals surface area contributed by atoms with Crippen LogP contribution >= 0.6 is 23.4 Å². The van der Waals surface area contributed by atoms with E-state index in [1.165, 1.54) is 17.3 Å². The molecule has 0 aliphatic rings. The Balaban J connectivity index is 2.11. The number of amides is 1. The average molecular weight is 401 g/mol.